The topological polar surface area (TPSA) is 69.6 Å². The van der Waals surface area contributed by atoms with E-state index >= 15 is 0 Å². The van der Waals surface area contributed by atoms with Crippen molar-refractivity contribution in [2.24, 2.45) is 5.92 Å². The summed E-state index contributed by atoms with van der Waals surface area (Å²) in [5.74, 6) is 1.50. The number of aromatic nitrogens is 4. The van der Waals surface area contributed by atoms with E-state index in [1.807, 2.05) is 29.8 Å². The predicted molar refractivity (Wildman–Crippen MR) is 69.8 cm³/mol. The van der Waals surface area contributed by atoms with E-state index in [-0.39, 0.29) is 0 Å². The van der Waals surface area contributed by atoms with Crippen LogP contribution in [-0.4, -0.2) is 20.2 Å². The first-order chi connectivity index (χ1) is 8.72. The molecule has 1 heterocycles. The molecule has 5 heteroatoms. The molecule has 1 aliphatic carbocycles. The number of tetrazole rings is 1. The fourth-order valence-electron chi connectivity index (χ4n) is 2.44. The van der Waals surface area contributed by atoms with Crippen LogP contribution in [0.2, 0.25) is 0 Å². The van der Waals surface area contributed by atoms with Crippen LogP contribution < -0.4 is 5.73 Å². The zero-order valence-corrected chi connectivity index (χ0v) is 10.7. The van der Waals surface area contributed by atoms with Crippen LogP contribution in [0, 0.1) is 12.8 Å². The Morgan fingerprint density at radius 1 is 1.44 bits per heavy atom. The third-order valence-corrected chi connectivity index (χ3v) is 3.78. The van der Waals surface area contributed by atoms with Crippen LogP contribution >= 0.6 is 0 Å². The van der Waals surface area contributed by atoms with Crippen LogP contribution in [-0.2, 0) is 0 Å². The summed E-state index contributed by atoms with van der Waals surface area (Å²) in [4.78, 5) is 0. The quantitative estimate of drug-likeness (QED) is 0.839. The molecule has 2 N–H and O–H groups in total. The molecule has 0 saturated heterocycles. The van der Waals surface area contributed by atoms with Crippen molar-refractivity contribution in [3.8, 4) is 11.4 Å². The smallest absolute Gasteiger partial charge is 0.184 e. The Morgan fingerprint density at radius 2 is 2.28 bits per heavy atom. The van der Waals surface area contributed by atoms with Gasteiger partial charge in [-0.3, -0.25) is 0 Å². The molecule has 1 aliphatic rings. The molecule has 18 heavy (non-hydrogen) atoms. The summed E-state index contributed by atoms with van der Waals surface area (Å²) < 4.78 is 1.93. The molecular formula is C13H17N5. The van der Waals surface area contributed by atoms with Crippen molar-refractivity contribution >= 4 is 5.69 Å². The molecule has 0 spiro atoms. The molecule has 94 valence electrons. The lowest BCUT2D eigenvalue weighted by Gasteiger charge is -2.08. The van der Waals surface area contributed by atoms with E-state index in [0.29, 0.717) is 12.0 Å². The second-order valence-corrected chi connectivity index (χ2v) is 4.95. The molecule has 1 saturated carbocycles. The van der Waals surface area contributed by atoms with Crippen LogP contribution in [0.4, 0.5) is 5.69 Å². The van der Waals surface area contributed by atoms with Gasteiger partial charge < -0.3 is 5.73 Å². The molecule has 1 aromatic carbocycles. The van der Waals surface area contributed by atoms with E-state index in [1.165, 1.54) is 12.8 Å². The average Bonchev–Trinajstić information content (AvgIpc) is 3.01. The largest absolute Gasteiger partial charge is 0.398 e. The summed E-state index contributed by atoms with van der Waals surface area (Å²) in [6, 6.07) is 6.41. The number of nitrogen functional groups attached to an aromatic ring is 1. The maximum absolute atomic E-state index is 6.12. The molecule has 0 aliphatic heterocycles. The molecule has 0 amide bonds. The second kappa shape index (κ2) is 4.08. The van der Waals surface area contributed by atoms with Crippen molar-refractivity contribution in [3.05, 3.63) is 23.8 Å². The van der Waals surface area contributed by atoms with E-state index < -0.39 is 0 Å². The molecular weight excluding hydrogens is 226 g/mol. The Labute approximate surface area is 106 Å². The number of para-hydroxylation sites is 1. The minimum Gasteiger partial charge on any atom is -0.398 e. The Balaban J connectivity index is 2.03. The van der Waals surface area contributed by atoms with E-state index in [1.54, 1.807) is 0 Å². The molecule has 1 fully saturated rings. The highest BCUT2D eigenvalue weighted by Crippen LogP contribution is 2.46. The second-order valence-electron chi connectivity index (χ2n) is 4.95. The lowest BCUT2D eigenvalue weighted by molar-refractivity contribution is 0.563. The van der Waals surface area contributed by atoms with Gasteiger partial charge in [0.2, 0.25) is 0 Å². The van der Waals surface area contributed by atoms with Crippen molar-refractivity contribution in [3.63, 3.8) is 0 Å². The highest BCUT2D eigenvalue weighted by Gasteiger charge is 2.39. The SMILES string of the molecule is CCC1CC1n1nnnc1-c1cccc(C)c1N. The number of hydrogen-bond donors (Lipinski definition) is 1. The lowest BCUT2D eigenvalue weighted by atomic mass is 10.1. The molecule has 0 radical (unpaired) electrons. The van der Waals surface area contributed by atoms with Crippen molar-refractivity contribution in [2.45, 2.75) is 32.7 Å². The Morgan fingerprint density at radius 3 is 3.00 bits per heavy atom. The maximum Gasteiger partial charge on any atom is 0.184 e. The molecule has 2 atom stereocenters. The summed E-state index contributed by atoms with van der Waals surface area (Å²) in [6.45, 7) is 4.20. The predicted octanol–water partition coefficient (Wildman–Crippen LogP) is 2.20. The lowest BCUT2D eigenvalue weighted by Crippen LogP contribution is -2.04. The van der Waals surface area contributed by atoms with Gasteiger partial charge in [0, 0.05) is 11.3 Å². The molecule has 3 rings (SSSR count). The van der Waals surface area contributed by atoms with Gasteiger partial charge in [-0.1, -0.05) is 25.5 Å². The third-order valence-electron chi connectivity index (χ3n) is 3.78. The Kier molecular flexibility index (Phi) is 2.54. The van der Waals surface area contributed by atoms with Gasteiger partial charge >= 0.3 is 0 Å². The number of anilines is 1. The maximum atomic E-state index is 6.12. The zero-order chi connectivity index (χ0) is 12.7. The summed E-state index contributed by atoms with van der Waals surface area (Å²) in [5, 5.41) is 12.1. The fourth-order valence-corrected chi connectivity index (χ4v) is 2.44. The van der Waals surface area contributed by atoms with Gasteiger partial charge in [-0.2, -0.15) is 0 Å². The number of aryl methyl sites for hydroxylation is 1. The van der Waals surface area contributed by atoms with Gasteiger partial charge in [0.1, 0.15) is 0 Å². The first-order valence-electron chi connectivity index (χ1n) is 6.35. The summed E-state index contributed by atoms with van der Waals surface area (Å²) >= 11 is 0. The van der Waals surface area contributed by atoms with Crippen molar-refractivity contribution in [1.29, 1.82) is 0 Å². The molecule has 1 aromatic heterocycles. The van der Waals surface area contributed by atoms with Gasteiger partial charge in [0.15, 0.2) is 5.82 Å². The number of hydrogen-bond acceptors (Lipinski definition) is 4. The molecule has 5 nitrogen and oxygen atoms in total. The van der Waals surface area contributed by atoms with E-state index in [2.05, 4.69) is 22.4 Å². The minimum atomic E-state index is 0.444. The average molecular weight is 243 g/mol. The number of nitrogens with zero attached hydrogens (tertiary/aromatic N) is 4. The highest BCUT2D eigenvalue weighted by atomic mass is 15.6. The Hall–Kier alpha value is -1.91. The van der Waals surface area contributed by atoms with Crippen molar-refractivity contribution in [1.82, 2.24) is 20.2 Å². The molecule has 0 bridgehead atoms. The third kappa shape index (κ3) is 1.66. The van der Waals surface area contributed by atoms with Crippen LogP contribution in [0.15, 0.2) is 18.2 Å². The zero-order valence-electron chi connectivity index (χ0n) is 10.7. The summed E-state index contributed by atoms with van der Waals surface area (Å²) in [7, 11) is 0. The molecule has 2 unspecified atom stereocenters. The Bertz CT molecular complexity index is 575. The number of benzene rings is 1. The van der Waals surface area contributed by atoms with Gasteiger partial charge in [-0.15, -0.1) is 5.10 Å². The minimum absolute atomic E-state index is 0.444. The summed E-state index contributed by atoms with van der Waals surface area (Å²) in [6.07, 6.45) is 2.34. The van der Waals surface area contributed by atoms with Gasteiger partial charge in [0.05, 0.1) is 6.04 Å². The van der Waals surface area contributed by atoms with Gasteiger partial charge in [0.25, 0.3) is 0 Å². The van der Waals surface area contributed by atoms with Gasteiger partial charge in [-0.05, 0) is 41.3 Å². The standard InChI is InChI=1S/C13H17N5/c1-3-9-7-11(9)18-13(15-16-17-18)10-6-4-5-8(2)12(10)14/h4-6,9,11H,3,7,14H2,1-2H3. The highest BCUT2D eigenvalue weighted by molar-refractivity contribution is 5.74. The monoisotopic (exact) mass is 243 g/mol. The summed E-state index contributed by atoms with van der Waals surface area (Å²) in [5.41, 5.74) is 8.88. The number of rotatable bonds is 3. The number of nitrogens with two attached hydrogens (primary N) is 1. The van der Waals surface area contributed by atoms with Gasteiger partial charge in [-0.25, -0.2) is 4.68 Å². The molecule has 2 aromatic rings. The van der Waals surface area contributed by atoms with Crippen LogP contribution in [0.5, 0.6) is 0 Å². The van der Waals surface area contributed by atoms with Crippen LogP contribution in [0.1, 0.15) is 31.4 Å². The normalized spacial score (nSPS) is 22.1. The first kappa shape index (κ1) is 11.2. The van der Waals surface area contributed by atoms with Crippen LogP contribution in [0.3, 0.4) is 0 Å². The van der Waals surface area contributed by atoms with Crippen molar-refractivity contribution < 1.29 is 0 Å². The van der Waals surface area contributed by atoms with E-state index in [4.69, 9.17) is 5.73 Å². The van der Waals surface area contributed by atoms with Crippen molar-refractivity contribution in [2.75, 3.05) is 5.73 Å². The van der Waals surface area contributed by atoms with E-state index in [0.717, 1.165) is 22.6 Å². The van der Waals surface area contributed by atoms with E-state index in [9.17, 15) is 0 Å². The first-order valence-corrected chi connectivity index (χ1v) is 6.35. The fraction of sp³-hybridized carbons (Fsp3) is 0.462. The van der Waals surface area contributed by atoms with Crippen LogP contribution in [0.25, 0.3) is 11.4 Å².